The van der Waals surface area contributed by atoms with E-state index in [0.29, 0.717) is 5.56 Å². The highest BCUT2D eigenvalue weighted by atomic mass is 127. The summed E-state index contributed by atoms with van der Waals surface area (Å²) in [5, 5.41) is 2.47. The van der Waals surface area contributed by atoms with Gasteiger partial charge in [0.2, 0.25) is 5.91 Å². The van der Waals surface area contributed by atoms with Crippen LogP contribution >= 0.6 is 22.6 Å². The van der Waals surface area contributed by atoms with Gasteiger partial charge >= 0.3 is 0 Å². The fourth-order valence-corrected chi connectivity index (χ4v) is 1.14. The fraction of sp³-hybridized carbons (Fsp3) is 0.111. The molecule has 5 heteroatoms. The van der Waals surface area contributed by atoms with Crippen LogP contribution in [0.4, 0.5) is 0 Å². The Morgan fingerprint density at radius 3 is 2.36 bits per heavy atom. The third kappa shape index (κ3) is 2.99. The quantitative estimate of drug-likeness (QED) is 0.489. The summed E-state index contributed by atoms with van der Waals surface area (Å²) in [5.74, 6) is -0.862. The highest BCUT2D eigenvalue weighted by Gasteiger charge is 2.14. The lowest BCUT2D eigenvalue weighted by Gasteiger charge is -2.07. The number of nitrogens with one attached hydrogen (secondary N) is 1. The van der Waals surface area contributed by atoms with Crippen molar-refractivity contribution in [3.8, 4) is 0 Å². The maximum absolute atomic E-state index is 11.4. The minimum Gasteiger partial charge on any atom is -0.367 e. The standard InChI is InChI=1S/C9H9IN2O2/c10-7(8(11)13)12-9(14)6-4-2-1-3-5-6/h1-5,7H,(H2,11,13)(H,12,14). The van der Waals surface area contributed by atoms with Crippen molar-refractivity contribution in [2.24, 2.45) is 5.73 Å². The minimum absolute atomic E-state index is 0.302. The zero-order chi connectivity index (χ0) is 10.6. The van der Waals surface area contributed by atoms with Gasteiger partial charge in [-0.3, -0.25) is 9.59 Å². The average Bonchev–Trinajstić information content (AvgIpc) is 2.19. The van der Waals surface area contributed by atoms with Crippen molar-refractivity contribution in [1.29, 1.82) is 0 Å². The van der Waals surface area contributed by atoms with Crippen LogP contribution in [0.2, 0.25) is 0 Å². The second-order valence-corrected chi connectivity index (χ2v) is 3.85. The van der Waals surface area contributed by atoms with Crippen LogP contribution in [0, 0.1) is 0 Å². The number of primary amides is 1. The van der Waals surface area contributed by atoms with E-state index in [-0.39, 0.29) is 5.91 Å². The van der Waals surface area contributed by atoms with Crippen molar-refractivity contribution >= 4 is 34.4 Å². The van der Waals surface area contributed by atoms with Crippen LogP contribution in [0.25, 0.3) is 0 Å². The predicted molar refractivity (Wildman–Crippen MR) is 60.9 cm³/mol. The van der Waals surface area contributed by atoms with Crippen molar-refractivity contribution < 1.29 is 9.59 Å². The van der Waals surface area contributed by atoms with E-state index >= 15 is 0 Å². The highest BCUT2D eigenvalue weighted by Crippen LogP contribution is 2.01. The van der Waals surface area contributed by atoms with Gasteiger partial charge in [-0.25, -0.2) is 0 Å². The van der Waals surface area contributed by atoms with Gasteiger partial charge in [0.1, 0.15) is 0 Å². The second kappa shape index (κ2) is 4.94. The molecule has 0 bridgehead atoms. The number of hydrogen-bond donors (Lipinski definition) is 2. The van der Waals surface area contributed by atoms with E-state index in [1.807, 2.05) is 6.07 Å². The molecule has 0 aliphatic rings. The molecule has 0 heterocycles. The molecule has 0 saturated heterocycles. The summed E-state index contributed by atoms with van der Waals surface area (Å²) in [7, 11) is 0. The smallest absolute Gasteiger partial charge is 0.252 e. The van der Waals surface area contributed by atoms with Gasteiger partial charge in [-0.1, -0.05) is 18.2 Å². The maximum Gasteiger partial charge on any atom is 0.252 e. The molecular weight excluding hydrogens is 295 g/mol. The molecule has 0 saturated carbocycles. The normalized spacial score (nSPS) is 11.8. The van der Waals surface area contributed by atoms with Crippen LogP contribution in [0.15, 0.2) is 30.3 Å². The first kappa shape index (κ1) is 11.0. The van der Waals surface area contributed by atoms with Crippen LogP contribution in [-0.4, -0.2) is 15.9 Å². The summed E-state index contributed by atoms with van der Waals surface area (Å²) in [6.45, 7) is 0. The number of benzene rings is 1. The number of hydrogen-bond acceptors (Lipinski definition) is 2. The monoisotopic (exact) mass is 304 g/mol. The Labute approximate surface area is 95.0 Å². The Morgan fingerprint density at radius 1 is 1.29 bits per heavy atom. The maximum atomic E-state index is 11.4. The number of rotatable bonds is 3. The molecule has 14 heavy (non-hydrogen) atoms. The first-order chi connectivity index (χ1) is 6.61. The molecule has 1 unspecified atom stereocenters. The Bertz CT molecular complexity index is 340. The van der Waals surface area contributed by atoms with Crippen molar-refractivity contribution in [3.05, 3.63) is 35.9 Å². The summed E-state index contributed by atoms with van der Waals surface area (Å²) in [6, 6.07) is 8.65. The predicted octanol–water partition coefficient (Wildman–Crippen LogP) is 0.663. The van der Waals surface area contributed by atoms with E-state index in [1.165, 1.54) is 0 Å². The fourth-order valence-electron chi connectivity index (χ4n) is 0.859. The van der Waals surface area contributed by atoms with E-state index in [0.717, 1.165) is 0 Å². The highest BCUT2D eigenvalue weighted by molar-refractivity contribution is 14.1. The van der Waals surface area contributed by atoms with E-state index in [2.05, 4.69) is 5.32 Å². The van der Waals surface area contributed by atoms with Crippen molar-refractivity contribution in [3.63, 3.8) is 0 Å². The molecule has 0 radical (unpaired) electrons. The van der Waals surface area contributed by atoms with Gasteiger partial charge in [0.25, 0.3) is 5.91 Å². The Kier molecular flexibility index (Phi) is 3.87. The van der Waals surface area contributed by atoms with E-state index in [1.54, 1.807) is 46.9 Å². The number of amides is 2. The van der Waals surface area contributed by atoms with Gasteiger partial charge in [-0.15, -0.1) is 0 Å². The number of alkyl halides is 1. The largest absolute Gasteiger partial charge is 0.367 e. The Balaban J connectivity index is 2.64. The van der Waals surface area contributed by atoms with Crippen molar-refractivity contribution in [2.45, 2.75) is 4.05 Å². The first-order valence-electron chi connectivity index (χ1n) is 3.90. The Hall–Kier alpha value is -1.11. The zero-order valence-electron chi connectivity index (χ0n) is 7.24. The molecule has 1 rings (SSSR count). The lowest BCUT2D eigenvalue weighted by molar-refractivity contribution is -0.117. The van der Waals surface area contributed by atoms with Crippen LogP contribution in [-0.2, 0) is 4.79 Å². The van der Waals surface area contributed by atoms with Gasteiger partial charge in [0, 0.05) is 5.56 Å². The molecular formula is C9H9IN2O2. The van der Waals surface area contributed by atoms with Crippen LogP contribution in [0.5, 0.6) is 0 Å². The topological polar surface area (TPSA) is 72.2 Å². The third-order valence-electron chi connectivity index (χ3n) is 1.54. The number of carbonyl (C=O) groups is 2. The number of halogens is 1. The molecule has 0 fully saturated rings. The molecule has 1 aromatic carbocycles. The first-order valence-corrected chi connectivity index (χ1v) is 5.15. The van der Waals surface area contributed by atoms with E-state index in [4.69, 9.17) is 5.73 Å². The molecule has 1 aromatic rings. The van der Waals surface area contributed by atoms with Gasteiger partial charge in [0.05, 0.1) is 0 Å². The SMILES string of the molecule is NC(=O)C(I)NC(=O)c1ccccc1. The second-order valence-electron chi connectivity index (χ2n) is 2.60. The molecule has 4 nitrogen and oxygen atoms in total. The molecule has 0 aliphatic heterocycles. The number of nitrogens with two attached hydrogens (primary N) is 1. The average molecular weight is 304 g/mol. The molecule has 0 aromatic heterocycles. The molecule has 0 aliphatic carbocycles. The van der Waals surface area contributed by atoms with Crippen molar-refractivity contribution in [1.82, 2.24) is 5.32 Å². The van der Waals surface area contributed by atoms with Gasteiger partial charge < -0.3 is 11.1 Å². The third-order valence-corrected chi connectivity index (χ3v) is 2.47. The van der Waals surface area contributed by atoms with Gasteiger partial charge in [-0.2, -0.15) is 0 Å². The van der Waals surface area contributed by atoms with Crippen LogP contribution in [0.1, 0.15) is 10.4 Å². The molecule has 2 amide bonds. The van der Waals surface area contributed by atoms with Crippen molar-refractivity contribution in [2.75, 3.05) is 0 Å². The van der Waals surface area contributed by atoms with E-state index < -0.39 is 9.96 Å². The number of carbonyl (C=O) groups excluding carboxylic acids is 2. The lowest BCUT2D eigenvalue weighted by Crippen LogP contribution is -2.39. The zero-order valence-corrected chi connectivity index (χ0v) is 9.39. The lowest BCUT2D eigenvalue weighted by atomic mass is 10.2. The summed E-state index contributed by atoms with van der Waals surface area (Å²) in [5.41, 5.74) is 5.51. The molecule has 0 spiro atoms. The summed E-state index contributed by atoms with van der Waals surface area (Å²) < 4.78 is -0.680. The molecule has 3 N–H and O–H groups in total. The van der Waals surface area contributed by atoms with E-state index in [9.17, 15) is 9.59 Å². The van der Waals surface area contributed by atoms with Crippen LogP contribution < -0.4 is 11.1 Å². The molecule has 74 valence electrons. The Morgan fingerprint density at radius 2 is 1.86 bits per heavy atom. The summed E-state index contributed by atoms with van der Waals surface area (Å²) >= 11 is 1.77. The minimum atomic E-state index is -0.680. The van der Waals surface area contributed by atoms with Crippen LogP contribution in [0.3, 0.4) is 0 Å². The summed E-state index contributed by atoms with van der Waals surface area (Å²) in [6.07, 6.45) is 0. The van der Waals surface area contributed by atoms with Gasteiger partial charge in [0.15, 0.2) is 4.05 Å². The molecule has 1 atom stereocenters. The van der Waals surface area contributed by atoms with Gasteiger partial charge in [-0.05, 0) is 34.7 Å². The summed E-state index contributed by atoms with van der Waals surface area (Å²) in [4.78, 5) is 22.1.